The van der Waals surface area contributed by atoms with E-state index >= 15 is 0 Å². The molecule has 1 atom stereocenters. The molecule has 124 valence electrons. The number of nitriles is 1. The number of halogens is 1. The second kappa shape index (κ2) is 5.62. The van der Waals surface area contributed by atoms with Gasteiger partial charge in [-0.3, -0.25) is 0 Å². The Balaban J connectivity index is 1.83. The van der Waals surface area contributed by atoms with E-state index in [-0.39, 0.29) is 5.41 Å². The van der Waals surface area contributed by atoms with Crippen molar-refractivity contribution in [3.63, 3.8) is 0 Å². The van der Waals surface area contributed by atoms with Gasteiger partial charge in [-0.2, -0.15) is 5.26 Å². The molecule has 1 aromatic heterocycles. The first-order chi connectivity index (χ1) is 10.9. The molecule has 3 rings (SSSR count). The molecule has 2 fully saturated rings. The maximum absolute atomic E-state index is 8.96. The molecule has 0 N–H and O–H groups in total. The van der Waals surface area contributed by atoms with Gasteiger partial charge in [0, 0.05) is 51.3 Å². The molecule has 1 aliphatic carbocycles. The van der Waals surface area contributed by atoms with Crippen LogP contribution in [0.4, 0.5) is 5.82 Å². The fraction of sp³-hybridized carbons (Fsp3) is 0.647. The zero-order chi connectivity index (χ0) is 16.8. The molecule has 1 unspecified atom stereocenters. The highest BCUT2D eigenvalue weighted by atomic mass is 35.5. The van der Waals surface area contributed by atoms with Crippen molar-refractivity contribution >= 4 is 17.4 Å². The SMILES string of the molecule is COC1(OC)CC2(CN(c3ncc(C#N)cc3Cl)C2C(C)C)C1. The van der Waals surface area contributed by atoms with Gasteiger partial charge in [0.2, 0.25) is 0 Å². The quantitative estimate of drug-likeness (QED) is 0.791. The van der Waals surface area contributed by atoms with E-state index in [2.05, 4.69) is 29.8 Å². The smallest absolute Gasteiger partial charge is 0.168 e. The predicted octanol–water partition coefficient (Wildman–Crippen LogP) is 3.22. The minimum atomic E-state index is -0.443. The van der Waals surface area contributed by atoms with Crippen LogP contribution in [0.1, 0.15) is 32.3 Å². The fourth-order valence-electron chi connectivity index (χ4n) is 4.44. The summed E-state index contributed by atoms with van der Waals surface area (Å²) in [6, 6.07) is 4.10. The van der Waals surface area contributed by atoms with Gasteiger partial charge in [0.05, 0.1) is 10.6 Å². The van der Waals surface area contributed by atoms with E-state index in [1.807, 2.05) is 0 Å². The van der Waals surface area contributed by atoms with E-state index in [1.165, 1.54) is 0 Å². The lowest BCUT2D eigenvalue weighted by Crippen LogP contribution is -2.76. The molecule has 1 aliphatic heterocycles. The first kappa shape index (κ1) is 16.5. The van der Waals surface area contributed by atoms with Crippen molar-refractivity contribution in [2.75, 3.05) is 25.7 Å². The summed E-state index contributed by atoms with van der Waals surface area (Å²) in [5, 5.41) is 9.49. The summed E-state index contributed by atoms with van der Waals surface area (Å²) >= 11 is 6.35. The van der Waals surface area contributed by atoms with Gasteiger partial charge >= 0.3 is 0 Å². The highest BCUT2D eigenvalue weighted by Crippen LogP contribution is 2.62. The van der Waals surface area contributed by atoms with Crippen LogP contribution in [0.2, 0.25) is 5.02 Å². The van der Waals surface area contributed by atoms with Crippen molar-refractivity contribution in [1.29, 1.82) is 5.26 Å². The molecular formula is C17H22ClN3O2. The number of nitrogens with zero attached hydrogens (tertiary/aromatic N) is 3. The molecule has 1 saturated carbocycles. The third-order valence-electron chi connectivity index (χ3n) is 5.29. The topological polar surface area (TPSA) is 58.4 Å². The summed E-state index contributed by atoms with van der Waals surface area (Å²) in [6.07, 6.45) is 3.36. The van der Waals surface area contributed by atoms with E-state index in [9.17, 15) is 0 Å². The Bertz CT molecular complexity index is 644. The molecule has 0 amide bonds. The van der Waals surface area contributed by atoms with Gasteiger partial charge in [-0.25, -0.2) is 4.98 Å². The standard InChI is InChI=1S/C17H22ClN3O2/c1-11(2)14-16(8-17(9-16,22-3)23-4)10-21(14)15-13(18)5-12(6-19)7-20-15/h5,7,11,14H,8-10H2,1-4H3. The Hall–Kier alpha value is -1.35. The number of hydrogen-bond donors (Lipinski definition) is 0. The van der Waals surface area contributed by atoms with Crippen LogP contribution >= 0.6 is 11.6 Å². The van der Waals surface area contributed by atoms with Gasteiger partial charge in [0.1, 0.15) is 11.9 Å². The first-order valence-electron chi connectivity index (χ1n) is 7.83. The van der Waals surface area contributed by atoms with E-state index in [0.29, 0.717) is 22.5 Å². The van der Waals surface area contributed by atoms with E-state index < -0.39 is 5.79 Å². The van der Waals surface area contributed by atoms with Crippen LogP contribution in [0, 0.1) is 22.7 Å². The van der Waals surface area contributed by atoms with Gasteiger partial charge < -0.3 is 14.4 Å². The third-order valence-corrected chi connectivity index (χ3v) is 5.57. The van der Waals surface area contributed by atoms with Gasteiger partial charge in [-0.05, 0) is 12.0 Å². The zero-order valence-corrected chi connectivity index (χ0v) is 14.7. The van der Waals surface area contributed by atoms with Crippen LogP contribution in [0.5, 0.6) is 0 Å². The molecule has 2 heterocycles. The normalized spacial score (nSPS) is 24.2. The van der Waals surface area contributed by atoms with Gasteiger partial charge in [0.25, 0.3) is 0 Å². The molecule has 0 radical (unpaired) electrons. The average Bonchev–Trinajstić information content (AvgIpc) is 2.46. The summed E-state index contributed by atoms with van der Waals surface area (Å²) in [4.78, 5) is 6.67. The highest BCUT2D eigenvalue weighted by molar-refractivity contribution is 6.33. The third kappa shape index (κ3) is 2.40. The largest absolute Gasteiger partial charge is 0.353 e. The lowest BCUT2D eigenvalue weighted by Gasteiger charge is -2.68. The van der Waals surface area contributed by atoms with Crippen LogP contribution < -0.4 is 4.90 Å². The fourth-order valence-corrected chi connectivity index (χ4v) is 4.71. The molecular weight excluding hydrogens is 314 g/mol. The second-order valence-electron chi connectivity index (χ2n) is 6.99. The number of ether oxygens (including phenoxy) is 2. The van der Waals surface area contributed by atoms with E-state index in [4.69, 9.17) is 26.3 Å². The van der Waals surface area contributed by atoms with Gasteiger partial charge in [0.15, 0.2) is 5.79 Å². The molecule has 1 spiro atoms. The molecule has 1 aromatic rings. The Labute approximate surface area is 142 Å². The molecule has 23 heavy (non-hydrogen) atoms. The van der Waals surface area contributed by atoms with E-state index in [1.54, 1.807) is 26.5 Å². The highest BCUT2D eigenvalue weighted by Gasteiger charge is 2.67. The first-order valence-corrected chi connectivity index (χ1v) is 8.21. The summed E-state index contributed by atoms with van der Waals surface area (Å²) in [6.45, 7) is 5.33. The van der Waals surface area contributed by atoms with Crippen LogP contribution in [-0.4, -0.2) is 37.6 Å². The van der Waals surface area contributed by atoms with Crippen molar-refractivity contribution in [1.82, 2.24) is 4.98 Å². The lowest BCUT2D eigenvalue weighted by molar-refractivity contribution is -0.311. The van der Waals surface area contributed by atoms with Gasteiger partial charge in [-0.15, -0.1) is 0 Å². The van der Waals surface area contributed by atoms with Crippen LogP contribution in [-0.2, 0) is 9.47 Å². The van der Waals surface area contributed by atoms with Crippen LogP contribution in [0.3, 0.4) is 0 Å². The molecule has 1 saturated heterocycles. The number of rotatable bonds is 4. The Morgan fingerprint density at radius 2 is 2.04 bits per heavy atom. The summed E-state index contributed by atoms with van der Waals surface area (Å²) in [5.74, 6) is 0.785. The van der Waals surface area contributed by atoms with E-state index in [0.717, 1.165) is 25.2 Å². The molecule has 5 nitrogen and oxygen atoms in total. The van der Waals surface area contributed by atoms with Crippen LogP contribution in [0.15, 0.2) is 12.3 Å². The molecule has 0 aromatic carbocycles. The maximum atomic E-state index is 8.96. The summed E-state index contributed by atoms with van der Waals surface area (Å²) in [7, 11) is 3.41. The summed E-state index contributed by atoms with van der Waals surface area (Å²) < 4.78 is 11.1. The molecule has 6 heteroatoms. The Kier molecular flexibility index (Phi) is 4.04. The van der Waals surface area contributed by atoms with Crippen molar-refractivity contribution in [2.24, 2.45) is 11.3 Å². The van der Waals surface area contributed by atoms with Crippen molar-refractivity contribution in [3.8, 4) is 6.07 Å². The monoisotopic (exact) mass is 335 g/mol. The van der Waals surface area contributed by atoms with Crippen molar-refractivity contribution < 1.29 is 9.47 Å². The second-order valence-corrected chi connectivity index (χ2v) is 7.40. The predicted molar refractivity (Wildman–Crippen MR) is 88.4 cm³/mol. The molecule has 0 bridgehead atoms. The number of methoxy groups -OCH3 is 2. The number of hydrogen-bond acceptors (Lipinski definition) is 5. The van der Waals surface area contributed by atoms with Gasteiger partial charge in [-0.1, -0.05) is 25.4 Å². The van der Waals surface area contributed by atoms with Crippen LogP contribution in [0.25, 0.3) is 0 Å². The van der Waals surface area contributed by atoms with Crippen molar-refractivity contribution in [3.05, 3.63) is 22.8 Å². The minimum absolute atomic E-state index is 0.194. The number of aromatic nitrogens is 1. The summed E-state index contributed by atoms with van der Waals surface area (Å²) in [5.41, 5.74) is 0.676. The lowest BCUT2D eigenvalue weighted by atomic mass is 9.52. The Morgan fingerprint density at radius 1 is 1.39 bits per heavy atom. The molecule has 2 aliphatic rings. The minimum Gasteiger partial charge on any atom is -0.353 e. The zero-order valence-electron chi connectivity index (χ0n) is 14.0. The van der Waals surface area contributed by atoms with Crippen molar-refractivity contribution in [2.45, 2.75) is 38.5 Å². The number of anilines is 1. The maximum Gasteiger partial charge on any atom is 0.168 e. The Morgan fingerprint density at radius 3 is 2.52 bits per heavy atom. The number of pyridine rings is 1. The average molecular weight is 336 g/mol.